The average molecular weight is 506 g/mol. The summed E-state index contributed by atoms with van der Waals surface area (Å²) in [6.45, 7) is 1.81. The summed E-state index contributed by atoms with van der Waals surface area (Å²) in [5, 5.41) is 4.96. The molecule has 0 aliphatic rings. The molecule has 0 radical (unpaired) electrons. The summed E-state index contributed by atoms with van der Waals surface area (Å²) in [6.07, 6.45) is -0.852. The van der Waals surface area contributed by atoms with E-state index in [0.29, 0.717) is 6.42 Å². The molecule has 0 saturated heterocycles. The lowest BCUT2D eigenvalue weighted by molar-refractivity contribution is -0.146. The largest absolute Gasteiger partial charge is 0.464 e. The number of aromatic nitrogens is 1. The van der Waals surface area contributed by atoms with Crippen LogP contribution in [0.5, 0.6) is 0 Å². The van der Waals surface area contributed by atoms with Gasteiger partial charge in [-0.25, -0.2) is 18.4 Å². The fourth-order valence-corrected chi connectivity index (χ4v) is 4.09. The predicted octanol–water partition coefficient (Wildman–Crippen LogP) is 4.60. The smallest absolute Gasteiger partial charge is 0.408 e. The molecule has 0 spiro atoms. The van der Waals surface area contributed by atoms with Crippen LogP contribution in [0.1, 0.15) is 47.0 Å². The molecule has 3 aromatic rings. The number of unbranched alkanes of at least 4 members (excludes halogenated alkanes) is 1. The second-order valence-corrected chi connectivity index (χ2v) is 8.57. The molecule has 2 N–H and O–H groups in total. The van der Waals surface area contributed by atoms with Gasteiger partial charge in [-0.3, -0.25) is 9.78 Å². The van der Waals surface area contributed by atoms with Crippen LogP contribution in [0.15, 0.2) is 48.7 Å². The molecule has 186 valence electrons. The third kappa shape index (κ3) is 7.44. The first kappa shape index (κ1) is 26.0. The Morgan fingerprint density at radius 2 is 1.89 bits per heavy atom. The van der Waals surface area contributed by atoms with E-state index in [2.05, 4.69) is 15.6 Å². The van der Waals surface area contributed by atoms with Gasteiger partial charge in [0.15, 0.2) is 0 Å². The van der Waals surface area contributed by atoms with Crippen LogP contribution < -0.4 is 10.6 Å². The number of halogens is 2. The van der Waals surface area contributed by atoms with Crippen molar-refractivity contribution < 1.29 is 32.6 Å². The van der Waals surface area contributed by atoms with Crippen LogP contribution in [0.25, 0.3) is 10.2 Å². The fourth-order valence-electron chi connectivity index (χ4n) is 3.04. The summed E-state index contributed by atoms with van der Waals surface area (Å²) in [5.74, 6) is -1.33. The standard InChI is InChI=1S/C24H25F2N3O5S/c1-2-3-11-33-23(31)18(29-24(32)34-14-15-7-5-4-6-8-15)13-28-22(30)19-12-17-20(35-19)16(21(25)26)9-10-27-17/h4-10,12,18,21H,2-3,11,13-14H2,1H3,(H,28,30)(H,29,32)/t18-/m1/s1. The first-order valence-corrected chi connectivity index (χ1v) is 11.8. The van der Waals surface area contributed by atoms with Gasteiger partial charge in [0.05, 0.1) is 21.7 Å². The van der Waals surface area contributed by atoms with Gasteiger partial charge in [0.2, 0.25) is 0 Å². The summed E-state index contributed by atoms with van der Waals surface area (Å²) in [6, 6.07) is 10.4. The molecular weight excluding hydrogens is 480 g/mol. The summed E-state index contributed by atoms with van der Waals surface area (Å²) in [4.78, 5) is 41.6. The first-order valence-electron chi connectivity index (χ1n) is 11.0. The number of alkyl carbamates (subject to hydrolysis) is 1. The van der Waals surface area contributed by atoms with Gasteiger partial charge < -0.3 is 20.1 Å². The number of hydrogen-bond acceptors (Lipinski definition) is 7. The number of carbonyl (C=O) groups is 3. The molecule has 0 saturated carbocycles. The molecule has 0 fully saturated rings. The van der Waals surface area contributed by atoms with Crippen molar-refractivity contribution in [1.29, 1.82) is 0 Å². The van der Waals surface area contributed by atoms with Crippen LogP contribution >= 0.6 is 11.3 Å². The molecule has 0 unspecified atom stereocenters. The summed E-state index contributed by atoms with van der Waals surface area (Å²) >= 11 is 0.874. The van der Waals surface area contributed by atoms with Gasteiger partial charge in [0, 0.05) is 18.3 Å². The molecule has 2 amide bonds. The highest BCUT2D eigenvalue weighted by atomic mass is 32.1. The number of nitrogens with one attached hydrogen (secondary N) is 2. The Kier molecular flexibility index (Phi) is 9.47. The molecule has 0 bridgehead atoms. The monoisotopic (exact) mass is 505 g/mol. The van der Waals surface area contributed by atoms with E-state index in [1.807, 2.05) is 13.0 Å². The van der Waals surface area contributed by atoms with Crippen LogP contribution in [-0.4, -0.2) is 42.1 Å². The number of ether oxygens (including phenoxy) is 2. The number of benzene rings is 1. The van der Waals surface area contributed by atoms with E-state index in [0.717, 1.165) is 23.3 Å². The molecule has 1 aromatic carbocycles. The number of hydrogen-bond donors (Lipinski definition) is 2. The van der Waals surface area contributed by atoms with Gasteiger partial charge in [-0.15, -0.1) is 11.3 Å². The van der Waals surface area contributed by atoms with Crippen molar-refractivity contribution >= 4 is 39.5 Å². The van der Waals surface area contributed by atoms with Crippen molar-refractivity contribution in [3.05, 3.63) is 64.7 Å². The lowest BCUT2D eigenvalue weighted by Gasteiger charge is -2.18. The van der Waals surface area contributed by atoms with Gasteiger partial charge in [-0.1, -0.05) is 43.7 Å². The number of nitrogens with zero attached hydrogens (tertiary/aromatic N) is 1. The molecule has 35 heavy (non-hydrogen) atoms. The number of esters is 1. The van der Waals surface area contributed by atoms with Gasteiger partial charge in [0.1, 0.15) is 12.6 Å². The van der Waals surface area contributed by atoms with Crippen molar-refractivity contribution in [3.63, 3.8) is 0 Å². The molecule has 0 aliphatic carbocycles. The van der Waals surface area contributed by atoms with Crippen LogP contribution in [0.2, 0.25) is 0 Å². The maximum absolute atomic E-state index is 13.2. The van der Waals surface area contributed by atoms with E-state index in [-0.39, 0.29) is 40.4 Å². The Morgan fingerprint density at radius 3 is 2.60 bits per heavy atom. The maximum Gasteiger partial charge on any atom is 0.408 e. The minimum absolute atomic E-state index is 0.00209. The lowest BCUT2D eigenvalue weighted by Crippen LogP contribution is -2.49. The molecule has 0 aliphatic heterocycles. The Labute approximate surface area is 204 Å². The van der Waals surface area contributed by atoms with Crippen LogP contribution in [0, 0.1) is 0 Å². The zero-order valence-electron chi connectivity index (χ0n) is 19.0. The summed E-state index contributed by atoms with van der Waals surface area (Å²) in [7, 11) is 0. The van der Waals surface area contributed by atoms with Crippen molar-refractivity contribution in [2.75, 3.05) is 13.2 Å². The second kappa shape index (κ2) is 12.7. The van der Waals surface area contributed by atoms with E-state index in [9.17, 15) is 23.2 Å². The van der Waals surface area contributed by atoms with E-state index in [1.54, 1.807) is 24.3 Å². The van der Waals surface area contributed by atoms with Crippen LogP contribution in [0.4, 0.5) is 13.6 Å². The van der Waals surface area contributed by atoms with Gasteiger partial charge in [0.25, 0.3) is 12.3 Å². The third-order valence-corrected chi connectivity index (χ3v) is 6.07. The highest BCUT2D eigenvalue weighted by molar-refractivity contribution is 7.21. The van der Waals surface area contributed by atoms with E-state index >= 15 is 0 Å². The fraction of sp³-hybridized carbons (Fsp3) is 0.333. The number of thiophene rings is 1. The number of pyridine rings is 1. The third-order valence-electron chi connectivity index (χ3n) is 4.90. The van der Waals surface area contributed by atoms with Crippen molar-refractivity contribution in [3.8, 4) is 0 Å². The molecule has 3 rings (SSSR count). The Morgan fingerprint density at radius 1 is 1.11 bits per heavy atom. The Hall–Kier alpha value is -3.60. The predicted molar refractivity (Wildman–Crippen MR) is 126 cm³/mol. The SMILES string of the molecule is CCCCOC(=O)[C@@H](CNC(=O)c1cc2nccc(C(F)F)c2s1)NC(=O)OCc1ccccc1. The number of carbonyl (C=O) groups excluding carboxylic acids is 3. The molecular formula is C24H25F2N3O5S. The van der Waals surface area contributed by atoms with E-state index < -0.39 is 30.4 Å². The number of alkyl halides is 2. The molecule has 2 aromatic heterocycles. The van der Waals surface area contributed by atoms with Gasteiger partial charge in [-0.05, 0) is 24.1 Å². The normalized spacial score (nSPS) is 11.8. The van der Waals surface area contributed by atoms with Crippen molar-refractivity contribution in [1.82, 2.24) is 15.6 Å². The van der Waals surface area contributed by atoms with Crippen molar-refractivity contribution in [2.24, 2.45) is 0 Å². The number of amides is 2. The van der Waals surface area contributed by atoms with Gasteiger partial charge >= 0.3 is 12.1 Å². The van der Waals surface area contributed by atoms with Crippen LogP contribution in [-0.2, 0) is 20.9 Å². The molecule has 11 heteroatoms. The number of fused-ring (bicyclic) bond motifs is 1. The maximum atomic E-state index is 13.2. The minimum atomic E-state index is -2.71. The topological polar surface area (TPSA) is 107 Å². The first-order chi connectivity index (χ1) is 16.9. The quantitative estimate of drug-likeness (QED) is 0.291. The lowest BCUT2D eigenvalue weighted by atomic mass is 10.2. The number of rotatable bonds is 11. The average Bonchev–Trinajstić information content (AvgIpc) is 3.30. The summed E-state index contributed by atoms with van der Waals surface area (Å²) < 4.78 is 37.0. The highest BCUT2D eigenvalue weighted by Crippen LogP contribution is 2.32. The Bertz CT molecular complexity index is 1160. The van der Waals surface area contributed by atoms with Gasteiger partial charge in [-0.2, -0.15) is 0 Å². The van der Waals surface area contributed by atoms with Crippen LogP contribution in [0.3, 0.4) is 0 Å². The van der Waals surface area contributed by atoms with E-state index in [4.69, 9.17) is 9.47 Å². The highest BCUT2D eigenvalue weighted by Gasteiger charge is 2.25. The molecule has 8 nitrogen and oxygen atoms in total. The minimum Gasteiger partial charge on any atom is -0.464 e. The summed E-state index contributed by atoms with van der Waals surface area (Å²) in [5.41, 5.74) is 0.829. The zero-order chi connectivity index (χ0) is 25.2. The molecule has 1 atom stereocenters. The second-order valence-electron chi connectivity index (χ2n) is 7.52. The van der Waals surface area contributed by atoms with E-state index in [1.165, 1.54) is 18.3 Å². The molecule has 2 heterocycles. The van der Waals surface area contributed by atoms with Crippen molar-refractivity contribution in [2.45, 2.75) is 38.8 Å². The Balaban J connectivity index is 1.64. The zero-order valence-corrected chi connectivity index (χ0v) is 19.8.